The standard InChI is InChI=1S/C25H28N2O4/c1-4-26(5-2)14-9-15-27-22(17-10-7-6-8-11-17)21-23(28)19-13-12-18(30-3)16-20(19)31-24(21)25(27)29/h6-8,10-13,16,22H,4-5,9,14-15H2,1-3H3/t22-/m0/s1. The summed E-state index contributed by atoms with van der Waals surface area (Å²) in [6, 6.07) is 14.4. The van der Waals surface area contributed by atoms with Crippen LogP contribution in [0.4, 0.5) is 0 Å². The number of fused-ring (bicyclic) bond motifs is 2. The highest BCUT2D eigenvalue weighted by Gasteiger charge is 2.42. The van der Waals surface area contributed by atoms with Crippen LogP contribution in [0, 0.1) is 0 Å². The summed E-state index contributed by atoms with van der Waals surface area (Å²) in [6.45, 7) is 7.67. The van der Waals surface area contributed by atoms with Gasteiger partial charge in [0.25, 0.3) is 5.91 Å². The molecule has 3 aromatic rings. The molecule has 4 rings (SSSR count). The molecule has 1 amide bonds. The lowest BCUT2D eigenvalue weighted by Gasteiger charge is -2.26. The predicted molar refractivity (Wildman–Crippen MR) is 121 cm³/mol. The van der Waals surface area contributed by atoms with Gasteiger partial charge in [0.1, 0.15) is 11.3 Å². The first kappa shape index (κ1) is 21.1. The number of methoxy groups -OCH3 is 1. The van der Waals surface area contributed by atoms with Crippen molar-refractivity contribution in [2.45, 2.75) is 26.3 Å². The van der Waals surface area contributed by atoms with Crippen LogP contribution in [0.5, 0.6) is 5.75 Å². The van der Waals surface area contributed by atoms with Crippen LogP contribution in [0.15, 0.2) is 57.7 Å². The van der Waals surface area contributed by atoms with E-state index in [0.717, 1.165) is 31.6 Å². The Balaban J connectivity index is 1.79. The predicted octanol–water partition coefficient (Wildman–Crippen LogP) is 4.08. The Bertz CT molecular complexity index is 1140. The van der Waals surface area contributed by atoms with E-state index in [9.17, 15) is 9.59 Å². The van der Waals surface area contributed by atoms with E-state index in [1.54, 1.807) is 30.2 Å². The van der Waals surface area contributed by atoms with Gasteiger partial charge in [-0.1, -0.05) is 44.2 Å². The van der Waals surface area contributed by atoms with E-state index in [-0.39, 0.29) is 17.1 Å². The van der Waals surface area contributed by atoms with Crippen molar-refractivity contribution >= 4 is 16.9 Å². The average Bonchev–Trinajstić information content (AvgIpc) is 3.09. The van der Waals surface area contributed by atoms with Crippen molar-refractivity contribution in [1.29, 1.82) is 0 Å². The van der Waals surface area contributed by atoms with E-state index in [1.165, 1.54) is 0 Å². The van der Waals surface area contributed by atoms with Crippen LogP contribution in [-0.2, 0) is 0 Å². The van der Waals surface area contributed by atoms with Gasteiger partial charge in [-0.2, -0.15) is 0 Å². The summed E-state index contributed by atoms with van der Waals surface area (Å²) in [4.78, 5) is 31.0. The average molecular weight is 421 g/mol. The van der Waals surface area contributed by atoms with Gasteiger partial charge in [-0.15, -0.1) is 0 Å². The minimum atomic E-state index is -0.442. The maximum absolute atomic E-state index is 13.5. The molecule has 0 radical (unpaired) electrons. The minimum Gasteiger partial charge on any atom is -0.497 e. The molecule has 2 aromatic carbocycles. The molecule has 2 heterocycles. The molecule has 0 fully saturated rings. The smallest absolute Gasteiger partial charge is 0.290 e. The number of hydrogen-bond donors (Lipinski definition) is 0. The van der Waals surface area contributed by atoms with Gasteiger partial charge in [0, 0.05) is 12.6 Å². The number of benzene rings is 2. The fourth-order valence-electron chi connectivity index (χ4n) is 4.34. The van der Waals surface area contributed by atoms with Crippen LogP contribution in [0.2, 0.25) is 0 Å². The summed E-state index contributed by atoms with van der Waals surface area (Å²) in [7, 11) is 1.56. The number of carbonyl (C=O) groups is 1. The highest BCUT2D eigenvalue weighted by molar-refractivity contribution is 5.99. The maximum Gasteiger partial charge on any atom is 0.290 e. The van der Waals surface area contributed by atoms with Crippen molar-refractivity contribution in [3.63, 3.8) is 0 Å². The zero-order valence-corrected chi connectivity index (χ0v) is 18.3. The van der Waals surface area contributed by atoms with Crippen LogP contribution in [0.25, 0.3) is 11.0 Å². The van der Waals surface area contributed by atoms with Gasteiger partial charge >= 0.3 is 0 Å². The Morgan fingerprint density at radius 1 is 1.06 bits per heavy atom. The molecule has 0 saturated heterocycles. The summed E-state index contributed by atoms with van der Waals surface area (Å²) in [5.74, 6) is 0.490. The Labute approximate surface area is 182 Å². The quantitative estimate of drug-likeness (QED) is 0.550. The topological polar surface area (TPSA) is 63.0 Å². The fraction of sp³-hybridized carbons (Fsp3) is 0.360. The van der Waals surface area contributed by atoms with Gasteiger partial charge in [-0.25, -0.2) is 0 Å². The highest BCUT2D eigenvalue weighted by Crippen LogP contribution is 2.38. The number of hydrogen-bond acceptors (Lipinski definition) is 5. The molecule has 162 valence electrons. The van der Waals surface area contributed by atoms with Crippen molar-refractivity contribution in [3.05, 3.63) is 75.6 Å². The van der Waals surface area contributed by atoms with Crippen LogP contribution in [-0.4, -0.2) is 49.0 Å². The largest absolute Gasteiger partial charge is 0.497 e. The molecule has 6 heteroatoms. The summed E-state index contributed by atoms with van der Waals surface area (Å²) in [6.07, 6.45) is 0.826. The van der Waals surface area contributed by atoms with E-state index in [2.05, 4.69) is 18.7 Å². The van der Waals surface area contributed by atoms with Crippen molar-refractivity contribution in [2.75, 3.05) is 33.3 Å². The van der Waals surface area contributed by atoms with Gasteiger partial charge in [0.05, 0.1) is 24.1 Å². The van der Waals surface area contributed by atoms with E-state index >= 15 is 0 Å². The van der Waals surface area contributed by atoms with E-state index in [0.29, 0.717) is 28.8 Å². The first-order valence-electron chi connectivity index (χ1n) is 10.8. The van der Waals surface area contributed by atoms with Crippen LogP contribution in [0.1, 0.15) is 48.0 Å². The van der Waals surface area contributed by atoms with Crippen LogP contribution >= 0.6 is 0 Å². The Hall–Kier alpha value is -3.12. The number of rotatable bonds is 8. The molecule has 1 aliphatic rings. The van der Waals surface area contributed by atoms with Gasteiger partial charge in [0.15, 0.2) is 5.43 Å². The van der Waals surface area contributed by atoms with Crippen molar-refractivity contribution < 1.29 is 13.9 Å². The lowest BCUT2D eigenvalue weighted by molar-refractivity contribution is 0.0720. The Morgan fingerprint density at radius 2 is 1.81 bits per heavy atom. The van der Waals surface area contributed by atoms with Crippen molar-refractivity contribution in [2.24, 2.45) is 0 Å². The lowest BCUT2D eigenvalue weighted by Crippen LogP contribution is -2.33. The first-order valence-corrected chi connectivity index (χ1v) is 10.8. The second-order valence-corrected chi connectivity index (χ2v) is 7.73. The lowest BCUT2D eigenvalue weighted by atomic mass is 9.98. The number of carbonyl (C=O) groups excluding carboxylic acids is 1. The third-order valence-electron chi connectivity index (χ3n) is 6.06. The monoisotopic (exact) mass is 420 g/mol. The molecule has 0 saturated carbocycles. The van der Waals surface area contributed by atoms with Crippen LogP contribution in [0.3, 0.4) is 0 Å². The molecule has 1 aromatic heterocycles. The molecule has 0 N–H and O–H groups in total. The number of nitrogens with zero attached hydrogens (tertiary/aromatic N) is 2. The maximum atomic E-state index is 13.5. The van der Waals surface area contributed by atoms with Gasteiger partial charge < -0.3 is 19.0 Å². The van der Waals surface area contributed by atoms with Gasteiger partial charge in [0.2, 0.25) is 5.76 Å². The third kappa shape index (κ3) is 3.83. The fourth-order valence-corrected chi connectivity index (χ4v) is 4.34. The molecule has 0 aliphatic carbocycles. The van der Waals surface area contributed by atoms with Gasteiger partial charge in [-0.3, -0.25) is 9.59 Å². The number of ether oxygens (including phenoxy) is 1. The van der Waals surface area contributed by atoms with Crippen molar-refractivity contribution in [3.8, 4) is 5.75 Å². The summed E-state index contributed by atoms with van der Waals surface area (Å²) in [5, 5.41) is 0.457. The van der Waals surface area contributed by atoms with Gasteiger partial charge in [-0.05, 0) is 43.8 Å². The third-order valence-corrected chi connectivity index (χ3v) is 6.06. The first-order chi connectivity index (χ1) is 15.1. The Kier molecular flexibility index (Phi) is 6.09. The normalized spacial score (nSPS) is 15.7. The summed E-state index contributed by atoms with van der Waals surface area (Å²) < 4.78 is 11.3. The number of amides is 1. The molecule has 0 unspecified atom stereocenters. The van der Waals surface area contributed by atoms with Crippen LogP contribution < -0.4 is 10.2 Å². The SMILES string of the molecule is CCN(CC)CCCN1C(=O)c2oc3cc(OC)ccc3c(=O)c2[C@@H]1c1ccccc1. The molecular formula is C25H28N2O4. The zero-order valence-electron chi connectivity index (χ0n) is 18.3. The molecule has 31 heavy (non-hydrogen) atoms. The summed E-state index contributed by atoms with van der Waals surface area (Å²) in [5.41, 5.74) is 1.55. The van der Waals surface area contributed by atoms with E-state index in [1.807, 2.05) is 30.3 Å². The minimum absolute atomic E-state index is 0.141. The molecule has 0 spiro atoms. The van der Waals surface area contributed by atoms with Crippen molar-refractivity contribution in [1.82, 2.24) is 9.80 Å². The molecule has 1 atom stereocenters. The van der Waals surface area contributed by atoms with E-state index in [4.69, 9.17) is 9.15 Å². The molecule has 1 aliphatic heterocycles. The second kappa shape index (κ2) is 8.94. The van der Waals surface area contributed by atoms with E-state index < -0.39 is 6.04 Å². The molecule has 0 bridgehead atoms. The summed E-state index contributed by atoms with van der Waals surface area (Å²) >= 11 is 0. The highest BCUT2D eigenvalue weighted by atomic mass is 16.5. The zero-order chi connectivity index (χ0) is 22.0. The molecular weight excluding hydrogens is 392 g/mol. The Morgan fingerprint density at radius 3 is 2.48 bits per heavy atom. The molecule has 6 nitrogen and oxygen atoms in total. The second-order valence-electron chi connectivity index (χ2n) is 7.73.